The van der Waals surface area contributed by atoms with E-state index in [-0.39, 0.29) is 6.29 Å². The van der Waals surface area contributed by atoms with Gasteiger partial charge in [-0.25, -0.2) is 0 Å². The number of fused-ring (bicyclic) bond motifs is 1. The van der Waals surface area contributed by atoms with Gasteiger partial charge in [-0.3, -0.25) is 0 Å². The maximum absolute atomic E-state index is 5.56. The molecule has 0 N–H and O–H groups in total. The van der Waals surface area contributed by atoms with Crippen molar-refractivity contribution in [2.45, 2.75) is 33.0 Å². The molecule has 0 aromatic rings. The topological polar surface area (TPSA) is 18.5 Å². The smallest absolute Gasteiger partial charge is 0.160 e. The van der Waals surface area contributed by atoms with Gasteiger partial charge in [0.25, 0.3) is 0 Å². The van der Waals surface area contributed by atoms with Crippen LogP contribution >= 0.6 is 0 Å². The van der Waals surface area contributed by atoms with E-state index in [0.29, 0.717) is 5.92 Å². The van der Waals surface area contributed by atoms with Crippen molar-refractivity contribution in [1.82, 2.24) is 0 Å². The molecule has 2 heterocycles. The SMILES string of the molecule is CC(C)[C@H]1CCO[C@H]2OCC[C@H]21. The minimum Gasteiger partial charge on any atom is -0.352 e. The van der Waals surface area contributed by atoms with Gasteiger partial charge in [-0.05, 0) is 24.7 Å². The molecule has 0 saturated carbocycles. The molecule has 2 fully saturated rings. The van der Waals surface area contributed by atoms with Gasteiger partial charge in [-0.2, -0.15) is 0 Å². The van der Waals surface area contributed by atoms with Crippen molar-refractivity contribution in [3.05, 3.63) is 0 Å². The predicted molar refractivity (Wildman–Crippen MR) is 46.7 cm³/mol. The Morgan fingerprint density at radius 1 is 1.08 bits per heavy atom. The molecule has 2 nitrogen and oxygen atoms in total. The van der Waals surface area contributed by atoms with Gasteiger partial charge in [0.1, 0.15) is 0 Å². The highest BCUT2D eigenvalue weighted by atomic mass is 16.7. The number of hydrogen-bond donors (Lipinski definition) is 0. The van der Waals surface area contributed by atoms with E-state index < -0.39 is 0 Å². The van der Waals surface area contributed by atoms with E-state index in [9.17, 15) is 0 Å². The van der Waals surface area contributed by atoms with Gasteiger partial charge in [0, 0.05) is 5.92 Å². The van der Waals surface area contributed by atoms with Gasteiger partial charge < -0.3 is 9.47 Å². The van der Waals surface area contributed by atoms with Gasteiger partial charge >= 0.3 is 0 Å². The Labute approximate surface area is 74.2 Å². The maximum atomic E-state index is 5.56. The van der Waals surface area contributed by atoms with Crippen LogP contribution in [0.3, 0.4) is 0 Å². The molecule has 0 spiro atoms. The van der Waals surface area contributed by atoms with Crippen LogP contribution in [0.2, 0.25) is 0 Å². The lowest BCUT2D eigenvalue weighted by Crippen LogP contribution is -2.35. The van der Waals surface area contributed by atoms with Crippen LogP contribution in [0.15, 0.2) is 0 Å². The van der Waals surface area contributed by atoms with Gasteiger partial charge in [0.15, 0.2) is 6.29 Å². The van der Waals surface area contributed by atoms with Gasteiger partial charge in [0.2, 0.25) is 0 Å². The molecule has 0 amide bonds. The highest BCUT2D eigenvalue weighted by molar-refractivity contribution is 4.82. The molecule has 0 aliphatic carbocycles. The predicted octanol–water partition coefficient (Wildman–Crippen LogP) is 2.04. The molecule has 0 bridgehead atoms. The first-order valence-corrected chi connectivity index (χ1v) is 5.02. The summed E-state index contributed by atoms with van der Waals surface area (Å²) in [4.78, 5) is 0. The standard InChI is InChI=1S/C10H18O2/c1-7(2)8-3-5-11-10-9(8)4-6-12-10/h7-10H,3-6H2,1-2H3/t8-,9+,10+/m1/s1. The van der Waals surface area contributed by atoms with Crippen molar-refractivity contribution in [3.8, 4) is 0 Å². The lowest BCUT2D eigenvalue weighted by atomic mass is 9.79. The first kappa shape index (κ1) is 8.52. The summed E-state index contributed by atoms with van der Waals surface area (Å²) >= 11 is 0. The van der Waals surface area contributed by atoms with Crippen LogP contribution in [0.5, 0.6) is 0 Å². The average Bonchev–Trinajstić information content (AvgIpc) is 2.49. The molecule has 2 aliphatic rings. The Morgan fingerprint density at radius 2 is 1.75 bits per heavy atom. The van der Waals surface area contributed by atoms with Crippen LogP contribution in [-0.2, 0) is 9.47 Å². The van der Waals surface area contributed by atoms with E-state index in [1.54, 1.807) is 0 Å². The third-order valence-corrected chi connectivity index (χ3v) is 3.22. The van der Waals surface area contributed by atoms with E-state index in [4.69, 9.17) is 9.47 Å². The van der Waals surface area contributed by atoms with E-state index in [1.165, 1.54) is 12.8 Å². The van der Waals surface area contributed by atoms with Crippen LogP contribution in [-0.4, -0.2) is 19.5 Å². The summed E-state index contributed by atoms with van der Waals surface area (Å²) in [6.45, 7) is 6.42. The summed E-state index contributed by atoms with van der Waals surface area (Å²) in [5.74, 6) is 2.29. The van der Waals surface area contributed by atoms with E-state index in [0.717, 1.165) is 25.0 Å². The summed E-state index contributed by atoms with van der Waals surface area (Å²) < 4.78 is 11.1. The fourth-order valence-electron chi connectivity index (χ4n) is 2.53. The Hall–Kier alpha value is -0.0800. The van der Waals surface area contributed by atoms with Crippen molar-refractivity contribution < 1.29 is 9.47 Å². The van der Waals surface area contributed by atoms with Crippen molar-refractivity contribution in [3.63, 3.8) is 0 Å². The van der Waals surface area contributed by atoms with Crippen LogP contribution in [0.1, 0.15) is 26.7 Å². The molecule has 2 saturated heterocycles. The van der Waals surface area contributed by atoms with Crippen molar-refractivity contribution >= 4 is 0 Å². The van der Waals surface area contributed by atoms with E-state index in [1.807, 2.05) is 0 Å². The molecule has 0 aromatic heterocycles. The van der Waals surface area contributed by atoms with Gasteiger partial charge in [0.05, 0.1) is 13.2 Å². The quantitative estimate of drug-likeness (QED) is 0.599. The zero-order valence-corrected chi connectivity index (χ0v) is 7.95. The number of rotatable bonds is 1. The number of hydrogen-bond acceptors (Lipinski definition) is 2. The number of ether oxygens (including phenoxy) is 2. The highest BCUT2D eigenvalue weighted by Crippen LogP contribution is 2.38. The maximum Gasteiger partial charge on any atom is 0.160 e. The average molecular weight is 170 g/mol. The van der Waals surface area contributed by atoms with Crippen LogP contribution in [0.25, 0.3) is 0 Å². The fourth-order valence-corrected chi connectivity index (χ4v) is 2.53. The Bertz CT molecular complexity index is 156. The molecule has 0 unspecified atom stereocenters. The van der Waals surface area contributed by atoms with Gasteiger partial charge in [-0.1, -0.05) is 13.8 Å². The molecule has 0 radical (unpaired) electrons. The highest BCUT2D eigenvalue weighted by Gasteiger charge is 2.39. The van der Waals surface area contributed by atoms with E-state index in [2.05, 4.69) is 13.8 Å². The third-order valence-electron chi connectivity index (χ3n) is 3.22. The Kier molecular flexibility index (Phi) is 2.37. The molecule has 70 valence electrons. The summed E-state index contributed by atoms with van der Waals surface area (Å²) in [6, 6.07) is 0. The molecular formula is C10H18O2. The minimum atomic E-state index is 0.131. The van der Waals surface area contributed by atoms with Crippen LogP contribution < -0.4 is 0 Å². The zero-order valence-electron chi connectivity index (χ0n) is 7.95. The molecule has 2 heteroatoms. The summed E-state index contributed by atoms with van der Waals surface area (Å²) in [7, 11) is 0. The molecule has 2 rings (SSSR count). The largest absolute Gasteiger partial charge is 0.352 e. The second kappa shape index (κ2) is 3.35. The van der Waals surface area contributed by atoms with Crippen LogP contribution in [0.4, 0.5) is 0 Å². The monoisotopic (exact) mass is 170 g/mol. The summed E-state index contributed by atoms with van der Waals surface area (Å²) in [6.07, 6.45) is 2.56. The second-order valence-electron chi connectivity index (χ2n) is 4.26. The first-order valence-electron chi connectivity index (χ1n) is 5.02. The molecule has 2 aliphatic heterocycles. The lowest BCUT2D eigenvalue weighted by Gasteiger charge is -2.35. The van der Waals surface area contributed by atoms with Crippen LogP contribution in [0, 0.1) is 17.8 Å². The fraction of sp³-hybridized carbons (Fsp3) is 1.00. The molecule has 0 aromatic carbocycles. The lowest BCUT2D eigenvalue weighted by molar-refractivity contribution is -0.171. The molecular weight excluding hydrogens is 152 g/mol. The first-order chi connectivity index (χ1) is 5.79. The van der Waals surface area contributed by atoms with Crippen molar-refractivity contribution in [2.24, 2.45) is 17.8 Å². The summed E-state index contributed by atoms with van der Waals surface area (Å²) in [5, 5.41) is 0. The van der Waals surface area contributed by atoms with E-state index >= 15 is 0 Å². The molecule has 12 heavy (non-hydrogen) atoms. The second-order valence-corrected chi connectivity index (χ2v) is 4.26. The Morgan fingerprint density at radius 3 is 2.42 bits per heavy atom. The van der Waals surface area contributed by atoms with Gasteiger partial charge in [-0.15, -0.1) is 0 Å². The van der Waals surface area contributed by atoms with Crippen molar-refractivity contribution in [2.75, 3.05) is 13.2 Å². The van der Waals surface area contributed by atoms with Crippen molar-refractivity contribution in [1.29, 1.82) is 0 Å². The summed E-state index contributed by atoms with van der Waals surface area (Å²) in [5.41, 5.74) is 0. The zero-order chi connectivity index (χ0) is 8.55. The molecule has 3 atom stereocenters. The Balaban J connectivity index is 2.03. The normalized spacial score (nSPS) is 41.8. The third kappa shape index (κ3) is 1.38. The minimum absolute atomic E-state index is 0.131.